The number of rotatable bonds is 8. The van der Waals surface area contributed by atoms with Crippen LogP contribution >= 0.6 is 19.3 Å². The van der Waals surface area contributed by atoms with Crippen molar-refractivity contribution < 1.29 is 27.0 Å². The van der Waals surface area contributed by atoms with Crippen LogP contribution in [-0.4, -0.2) is 47.8 Å². The number of hydrogen-bond donors (Lipinski definition) is 3. The number of anilines is 2. The van der Waals surface area contributed by atoms with Gasteiger partial charge < -0.3 is 14.9 Å². The first-order valence-electron chi connectivity index (χ1n) is 12.1. The molecule has 0 fully saturated rings. The second-order valence-electron chi connectivity index (χ2n) is 9.04. The molecule has 11 nitrogen and oxygen atoms in total. The topological polar surface area (TPSA) is 152 Å². The van der Waals surface area contributed by atoms with Crippen LogP contribution in [0.4, 0.5) is 15.8 Å². The van der Waals surface area contributed by atoms with Crippen LogP contribution in [0.5, 0.6) is 5.75 Å². The van der Waals surface area contributed by atoms with Crippen molar-refractivity contribution in [3.63, 3.8) is 0 Å². The molecule has 1 unspecified atom stereocenters. The minimum Gasteiger partial charge on any atom is -0.505 e. The molecule has 1 atom stereocenters. The molecule has 2 aliphatic rings. The first kappa shape index (κ1) is 28.1. The molecule has 0 amide bonds. The highest BCUT2D eigenvalue weighted by molar-refractivity contribution is 8.02. The molecule has 0 saturated heterocycles. The maximum absolute atomic E-state index is 14.0. The molecule has 1 aromatic heterocycles. The van der Waals surface area contributed by atoms with Crippen LogP contribution in [0.15, 0.2) is 57.4 Å². The highest BCUT2D eigenvalue weighted by Gasteiger charge is 2.36. The van der Waals surface area contributed by atoms with Gasteiger partial charge in [-0.2, -0.15) is 9.86 Å². The van der Waals surface area contributed by atoms with Gasteiger partial charge in [0.15, 0.2) is 11.6 Å². The highest BCUT2D eigenvalue weighted by Crippen LogP contribution is 2.52. The number of halogens is 1. The Morgan fingerprint density at radius 3 is 2.65 bits per heavy atom. The molecule has 5 rings (SSSR count). The molecule has 2 aromatic carbocycles. The number of nitrogens with zero attached hydrogens (tertiary/aromatic N) is 3. The third-order valence-electron chi connectivity index (χ3n) is 6.03. The van der Waals surface area contributed by atoms with Gasteiger partial charge in [0.2, 0.25) is 10.0 Å². The lowest BCUT2D eigenvalue weighted by molar-refractivity contribution is 0.341. The van der Waals surface area contributed by atoms with E-state index in [1.54, 1.807) is 18.7 Å². The number of aromatic nitrogens is 2. The number of benzene rings is 2. The number of aromatic hydroxyl groups is 1. The van der Waals surface area contributed by atoms with Gasteiger partial charge in [0.25, 0.3) is 5.56 Å². The average molecular weight is 606 g/mol. The summed E-state index contributed by atoms with van der Waals surface area (Å²) in [4.78, 5) is 13.7. The summed E-state index contributed by atoms with van der Waals surface area (Å²) < 4.78 is 64.3. The first-order chi connectivity index (χ1) is 19.0. The number of fused-ring (bicyclic) bond motifs is 1. The lowest BCUT2D eigenvalue weighted by Gasteiger charge is -2.26. The molecule has 0 saturated carbocycles. The van der Waals surface area contributed by atoms with Gasteiger partial charge in [0.05, 0.1) is 30.4 Å². The van der Waals surface area contributed by atoms with Crippen LogP contribution < -0.4 is 20.9 Å². The van der Waals surface area contributed by atoms with Crippen LogP contribution in [0.25, 0.3) is 5.57 Å². The number of nitrogens with one attached hydrogen (secondary N) is 2. The van der Waals surface area contributed by atoms with Crippen molar-refractivity contribution in [1.82, 2.24) is 9.78 Å². The van der Waals surface area contributed by atoms with Gasteiger partial charge in [-0.05, 0) is 60.2 Å². The van der Waals surface area contributed by atoms with Crippen molar-refractivity contribution in [1.29, 1.82) is 0 Å². The maximum Gasteiger partial charge on any atom is 0.348 e. The molecule has 210 valence electrons. The summed E-state index contributed by atoms with van der Waals surface area (Å²) in [7, 11) is -7.65. The average Bonchev–Trinajstić information content (AvgIpc) is 3.41. The van der Waals surface area contributed by atoms with Crippen molar-refractivity contribution >= 4 is 57.4 Å². The monoisotopic (exact) mass is 605 g/mol. The molecule has 3 aromatic rings. The fourth-order valence-electron chi connectivity index (χ4n) is 4.30. The molecule has 3 N–H and O–H groups in total. The molecule has 0 spiro atoms. The van der Waals surface area contributed by atoms with Gasteiger partial charge in [0.1, 0.15) is 17.1 Å². The maximum atomic E-state index is 14.0. The van der Waals surface area contributed by atoms with Gasteiger partial charge >= 0.3 is 7.52 Å². The Morgan fingerprint density at radius 2 is 2.00 bits per heavy atom. The summed E-state index contributed by atoms with van der Waals surface area (Å²) in [5.74, 6) is -0.260. The van der Waals surface area contributed by atoms with E-state index in [1.807, 2.05) is 5.41 Å². The van der Waals surface area contributed by atoms with Crippen LogP contribution in [0.2, 0.25) is 0 Å². The standard InChI is InChI=1S/C25H25FN5O6PS2/c1-3-37-38(34)20-12-18(30-40(2,35)36)8-9-19(20)27-24(29-38)21-23(32)22(16-10-11-39-14-16)28-31(25(21)33)13-15-4-6-17(26)7-5-15/h4-9,12,14,30,32H,3,10-11,13H2,1-2H3,(H,27,29,34). The van der Waals surface area contributed by atoms with Crippen LogP contribution in [0.1, 0.15) is 30.2 Å². The first-order valence-corrected chi connectivity index (χ1v) is 16.6. The van der Waals surface area contributed by atoms with Crippen molar-refractivity contribution in [2.45, 2.75) is 19.9 Å². The zero-order valence-corrected chi connectivity index (χ0v) is 23.9. The van der Waals surface area contributed by atoms with E-state index in [4.69, 9.17) is 4.52 Å². The van der Waals surface area contributed by atoms with Crippen molar-refractivity contribution in [2.24, 2.45) is 4.76 Å². The summed E-state index contributed by atoms with van der Waals surface area (Å²) in [6, 6.07) is 9.89. The summed E-state index contributed by atoms with van der Waals surface area (Å²) in [5.41, 5.74) is 0.942. The Labute approximate surface area is 233 Å². The van der Waals surface area contributed by atoms with Gasteiger partial charge in [0, 0.05) is 11.4 Å². The smallest absolute Gasteiger partial charge is 0.348 e. The van der Waals surface area contributed by atoms with E-state index >= 15 is 0 Å². The molecule has 15 heteroatoms. The van der Waals surface area contributed by atoms with E-state index in [0.29, 0.717) is 12.0 Å². The van der Waals surface area contributed by atoms with Crippen molar-refractivity contribution in [3.05, 3.63) is 80.9 Å². The lowest BCUT2D eigenvalue weighted by Crippen LogP contribution is -2.35. The van der Waals surface area contributed by atoms with Gasteiger partial charge in [-0.3, -0.25) is 14.1 Å². The predicted octanol–water partition coefficient (Wildman–Crippen LogP) is 3.71. The summed E-state index contributed by atoms with van der Waals surface area (Å²) in [6.45, 7) is 1.61. The Balaban J connectivity index is 1.67. The van der Waals surface area contributed by atoms with E-state index in [0.717, 1.165) is 22.3 Å². The van der Waals surface area contributed by atoms with Crippen molar-refractivity contribution in [2.75, 3.05) is 28.7 Å². The SMILES string of the molecule is CCOP1(=O)N=C(c2c(O)c(C3=CSCC3)nn(Cc3ccc(F)cc3)c2=O)Nc2ccc(NS(C)(=O)=O)cc21. The number of allylic oxidation sites excluding steroid dienone is 1. The van der Waals surface area contributed by atoms with E-state index in [-0.39, 0.29) is 46.9 Å². The molecule has 0 bridgehead atoms. The number of sulfonamides is 1. The van der Waals surface area contributed by atoms with E-state index in [9.17, 15) is 27.3 Å². The van der Waals surface area contributed by atoms with E-state index in [2.05, 4.69) is 19.9 Å². The van der Waals surface area contributed by atoms with Crippen LogP contribution in [-0.2, 0) is 25.7 Å². The molecule has 2 aliphatic heterocycles. The number of thioether (sulfide) groups is 1. The molecule has 0 aliphatic carbocycles. The third kappa shape index (κ3) is 5.71. The van der Waals surface area contributed by atoms with Gasteiger partial charge in [-0.25, -0.2) is 17.5 Å². The largest absolute Gasteiger partial charge is 0.505 e. The molecule has 0 radical (unpaired) electrons. The Kier molecular flexibility index (Phi) is 7.62. The van der Waals surface area contributed by atoms with Crippen LogP contribution in [0.3, 0.4) is 0 Å². The fraction of sp³-hybridized carbons (Fsp3) is 0.240. The molecule has 40 heavy (non-hydrogen) atoms. The number of amidine groups is 1. The Morgan fingerprint density at radius 1 is 1.25 bits per heavy atom. The second-order valence-corrected chi connectivity index (χ2v) is 13.7. The summed E-state index contributed by atoms with van der Waals surface area (Å²) in [5, 5.41) is 20.7. The summed E-state index contributed by atoms with van der Waals surface area (Å²) >= 11 is 1.54. The zero-order valence-electron chi connectivity index (χ0n) is 21.4. The molecular formula is C25H25FN5O6PS2. The quantitative estimate of drug-likeness (QED) is 0.326. The van der Waals surface area contributed by atoms with Crippen LogP contribution in [0, 0.1) is 5.82 Å². The highest BCUT2D eigenvalue weighted by atomic mass is 32.2. The van der Waals surface area contributed by atoms with Gasteiger partial charge in [-0.1, -0.05) is 12.1 Å². The Bertz CT molecular complexity index is 1770. The number of hydrogen-bond acceptors (Lipinski definition) is 9. The lowest BCUT2D eigenvalue weighted by atomic mass is 10.1. The predicted molar refractivity (Wildman–Crippen MR) is 155 cm³/mol. The Hall–Kier alpha value is -3.45. The molecule has 3 heterocycles. The zero-order chi connectivity index (χ0) is 28.7. The van der Waals surface area contributed by atoms with E-state index < -0.39 is 34.7 Å². The third-order valence-corrected chi connectivity index (χ3v) is 9.57. The molecular weight excluding hydrogens is 580 g/mol. The van der Waals surface area contributed by atoms with Crippen molar-refractivity contribution in [3.8, 4) is 5.75 Å². The van der Waals surface area contributed by atoms with Gasteiger partial charge in [-0.15, -0.1) is 11.8 Å². The summed E-state index contributed by atoms with van der Waals surface area (Å²) in [6.07, 6.45) is 1.60. The minimum absolute atomic E-state index is 0.00369. The normalized spacial score (nSPS) is 18.5. The fourth-order valence-corrected chi connectivity index (χ4v) is 7.54. The van der Waals surface area contributed by atoms with E-state index in [1.165, 1.54) is 42.5 Å². The minimum atomic E-state index is -4.03. The second kappa shape index (κ2) is 10.8.